The number of carbonyl (C=O) groups excluding carboxylic acids is 2. The van der Waals surface area contributed by atoms with Crippen LogP contribution in [-0.4, -0.2) is 54.3 Å². The number of carbonyl (C=O) groups is 2. The second-order valence-electron chi connectivity index (χ2n) is 6.37. The highest BCUT2D eigenvalue weighted by Gasteiger charge is 2.30. The molecule has 1 saturated heterocycles. The van der Waals surface area contributed by atoms with Gasteiger partial charge in [0.2, 0.25) is 11.8 Å². The fraction of sp³-hybridized carbons (Fsp3) is 0.875. The summed E-state index contributed by atoms with van der Waals surface area (Å²) < 4.78 is 0. The van der Waals surface area contributed by atoms with Crippen LogP contribution in [0.2, 0.25) is 0 Å². The minimum atomic E-state index is 0.182. The van der Waals surface area contributed by atoms with Gasteiger partial charge in [-0.2, -0.15) is 0 Å². The van der Waals surface area contributed by atoms with Gasteiger partial charge in [0.25, 0.3) is 0 Å². The van der Waals surface area contributed by atoms with Gasteiger partial charge in [-0.1, -0.05) is 6.92 Å². The average Bonchev–Trinajstić information content (AvgIpc) is 2.79. The molecule has 1 saturated carbocycles. The molecule has 0 unspecified atom stereocenters. The van der Waals surface area contributed by atoms with E-state index in [0.717, 1.165) is 51.7 Å². The monoisotopic (exact) mass is 295 g/mol. The normalized spacial score (nSPS) is 27.3. The maximum Gasteiger partial charge on any atom is 0.225 e. The lowest BCUT2D eigenvalue weighted by Gasteiger charge is -2.31. The molecule has 2 N–H and O–H groups in total. The molecule has 0 aromatic heterocycles. The lowest BCUT2D eigenvalue weighted by Crippen LogP contribution is -2.41. The summed E-state index contributed by atoms with van der Waals surface area (Å²) in [6, 6.07) is 0. The van der Waals surface area contributed by atoms with Crippen molar-refractivity contribution in [2.45, 2.75) is 45.4 Å². The van der Waals surface area contributed by atoms with Gasteiger partial charge in [-0.3, -0.25) is 9.59 Å². The van der Waals surface area contributed by atoms with Crippen molar-refractivity contribution in [3.8, 4) is 0 Å². The zero-order valence-electron chi connectivity index (χ0n) is 13.2. The van der Waals surface area contributed by atoms with E-state index in [1.807, 2.05) is 16.7 Å². The molecule has 5 nitrogen and oxygen atoms in total. The predicted molar refractivity (Wildman–Crippen MR) is 82.6 cm³/mol. The van der Waals surface area contributed by atoms with Crippen molar-refractivity contribution in [3.05, 3.63) is 0 Å². The summed E-state index contributed by atoms with van der Waals surface area (Å²) in [6.45, 7) is 5.61. The molecular formula is C16H29N3O2. The number of rotatable bonds is 3. The molecule has 1 aliphatic carbocycles. The molecule has 2 rings (SSSR count). The van der Waals surface area contributed by atoms with Crippen LogP contribution in [-0.2, 0) is 9.59 Å². The average molecular weight is 295 g/mol. The van der Waals surface area contributed by atoms with Crippen molar-refractivity contribution < 1.29 is 9.59 Å². The second-order valence-corrected chi connectivity index (χ2v) is 6.37. The van der Waals surface area contributed by atoms with Crippen molar-refractivity contribution in [2.75, 3.05) is 32.7 Å². The van der Waals surface area contributed by atoms with E-state index in [2.05, 4.69) is 0 Å². The molecule has 120 valence electrons. The second kappa shape index (κ2) is 7.78. The Kier molecular flexibility index (Phi) is 6.03. The largest absolute Gasteiger partial charge is 0.341 e. The first kappa shape index (κ1) is 16.3. The molecule has 0 radical (unpaired) electrons. The fourth-order valence-corrected chi connectivity index (χ4v) is 3.51. The summed E-state index contributed by atoms with van der Waals surface area (Å²) in [5, 5.41) is 0. The number of nitrogens with two attached hydrogens (primary N) is 1. The molecule has 0 spiro atoms. The maximum absolute atomic E-state index is 12.6. The van der Waals surface area contributed by atoms with Crippen LogP contribution in [0.5, 0.6) is 0 Å². The summed E-state index contributed by atoms with van der Waals surface area (Å²) in [5.74, 6) is 1.29. The highest BCUT2D eigenvalue weighted by molar-refractivity contribution is 5.79. The zero-order valence-corrected chi connectivity index (χ0v) is 13.2. The lowest BCUT2D eigenvalue weighted by molar-refractivity contribution is -0.137. The molecule has 2 fully saturated rings. The van der Waals surface area contributed by atoms with E-state index in [-0.39, 0.29) is 11.8 Å². The molecule has 5 heteroatoms. The Balaban J connectivity index is 1.84. The van der Waals surface area contributed by atoms with Gasteiger partial charge in [0.15, 0.2) is 0 Å². The van der Waals surface area contributed by atoms with Crippen LogP contribution in [0, 0.1) is 11.8 Å². The van der Waals surface area contributed by atoms with Crippen molar-refractivity contribution >= 4 is 11.8 Å². The van der Waals surface area contributed by atoms with E-state index >= 15 is 0 Å². The minimum absolute atomic E-state index is 0.182. The van der Waals surface area contributed by atoms with E-state index < -0.39 is 0 Å². The first-order valence-corrected chi connectivity index (χ1v) is 8.42. The molecule has 0 aromatic rings. The maximum atomic E-state index is 12.6. The van der Waals surface area contributed by atoms with Crippen LogP contribution in [0.1, 0.15) is 45.4 Å². The van der Waals surface area contributed by atoms with E-state index in [1.165, 1.54) is 0 Å². The highest BCUT2D eigenvalue weighted by atomic mass is 16.2. The van der Waals surface area contributed by atoms with Gasteiger partial charge in [0.1, 0.15) is 0 Å². The molecule has 0 aromatic carbocycles. The summed E-state index contributed by atoms with van der Waals surface area (Å²) in [4.78, 5) is 28.3. The quantitative estimate of drug-likeness (QED) is 0.851. The summed E-state index contributed by atoms with van der Waals surface area (Å²) in [6.07, 6.45) is 5.58. The zero-order chi connectivity index (χ0) is 15.2. The van der Waals surface area contributed by atoms with Crippen molar-refractivity contribution in [1.29, 1.82) is 0 Å². The third-order valence-electron chi connectivity index (χ3n) is 4.99. The molecule has 0 atom stereocenters. The Morgan fingerprint density at radius 1 is 1.00 bits per heavy atom. The third-order valence-corrected chi connectivity index (χ3v) is 4.99. The number of hydrogen-bond acceptors (Lipinski definition) is 3. The number of hydrogen-bond donors (Lipinski definition) is 1. The first-order valence-electron chi connectivity index (χ1n) is 8.42. The predicted octanol–water partition coefficient (Wildman–Crippen LogP) is 1.22. The van der Waals surface area contributed by atoms with E-state index in [9.17, 15) is 9.59 Å². The Morgan fingerprint density at radius 2 is 1.62 bits per heavy atom. The van der Waals surface area contributed by atoms with Crippen LogP contribution >= 0.6 is 0 Å². The summed E-state index contributed by atoms with van der Waals surface area (Å²) in [5.41, 5.74) is 5.71. The molecule has 0 bridgehead atoms. The molecule has 21 heavy (non-hydrogen) atoms. The third kappa shape index (κ3) is 4.19. The van der Waals surface area contributed by atoms with Crippen LogP contribution in [0.25, 0.3) is 0 Å². The van der Waals surface area contributed by atoms with Gasteiger partial charge in [0, 0.05) is 38.5 Å². The molecule has 1 heterocycles. The SMILES string of the molecule is CCC(=O)N1CCCN(C(=O)C2CCC(CN)CC2)CC1. The summed E-state index contributed by atoms with van der Waals surface area (Å²) >= 11 is 0. The Hall–Kier alpha value is -1.10. The number of nitrogens with zero attached hydrogens (tertiary/aromatic N) is 2. The van der Waals surface area contributed by atoms with Gasteiger partial charge in [-0.05, 0) is 44.6 Å². The number of amides is 2. The van der Waals surface area contributed by atoms with Crippen molar-refractivity contribution in [1.82, 2.24) is 9.80 Å². The first-order chi connectivity index (χ1) is 10.2. The Labute approximate surface area is 127 Å². The van der Waals surface area contributed by atoms with Gasteiger partial charge < -0.3 is 15.5 Å². The van der Waals surface area contributed by atoms with Gasteiger partial charge >= 0.3 is 0 Å². The van der Waals surface area contributed by atoms with Crippen LogP contribution in [0.4, 0.5) is 0 Å². The van der Waals surface area contributed by atoms with E-state index in [4.69, 9.17) is 5.73 Å². The molecule has 2 aliphatic rings. The Morgan fingerprint density at radius 3 is 2.24 bits per heavy atom. The molecule has 1 aliphatic heterocycles. The topological polar surface area (TPSA) is 66.6 Å². The smallest absolute Gasteiger partial charge is 0.225 e. The minimum Gasteiger partial charge on any atom is -0.341 e. The van der Waals surface area contributed by atoms with Crippen LogP contribution < -0.4 is 5.73 Å². The van der Waals surface area contributed by atoms with Crippen molar-refractivity contribution in [2.24, 2.45) is 17.6 Å². The molecular weight excluding hydrogens is 266 g/mol. The van der Waals surface area contributed by atoms with E-state index in [1.54, 1.807) is 0 Å². The van der Waals surface area contributed by atoms with E-state index in [0.29, 0.717) is 31.3 Å². The van der Waals surface area contributed by atoms with Gasteiger partial charge in [-0.15, -0.1) is 0 Å². The van der Waals surface area contributed by atoms with Crippen molar-refractivity contribution in [3.63, 3.8) is 0 Å². The highest BCUT2D eigenvalue weighted by Crippen LogP contribution is 2.29. The van der Waals surface area contributed by atoms with Crippen LogP contribution in [0.3, 0.4) is 0 Å². The standard InChI is InChI=1S/C16H29N3O2/c1-2-15(20)18-8-3-9-19(11-10-18)16(21)14-6-4-13(12-17)5-7-14/h13-14H,2-12,17H2,1H3. The molecule has 2 amide bonds. The Bertz CT molecular complexity index is 365. The fourth-order valence-electron chi connectivity index (χ4n) is 3.51. The van der Waals surface area contributed by atoms with Crippen LogP contribution in [0.15, 0.2) is 0 Å². The summed E-state index contributed by atoms with van der Waals surface area (Å²) in [7, 11) is 0. The van der Waals surface area contributed by atoms with Gasteiger partial charge in [-0.25, -0.2) is 0 Å². The lowest BCUT2D eigenvalue weighted by atomic mass is 9.81. The van der Waals surface area contributed by atoms with Gasteiger partial charge in [0.05, 0.1) is 0 Å².